The van der Waals surface area contributed by atoms with Crippen LogP contribution in [-0.2, 0) is 9.53 Å². The fourth-order valence-electron chi connectivity index (χ4n) is 3.47. The maximum atomic E-state index is 11.0. The Morgan fingerprint density at radius 2 is 1.08 bits per heavy atom. The van der Waals surface area contributed by atoms with Crippen molar-refractivity contribution in [3.8, 4) is 0 Å². The normalized spacial score (nSPS) is 12.3. The van der Waals surface area contributed by atoms with Crippen molar-refractivity contribution in [2.24, 2.45) is 0 Å². The second-order valence-corrected chi connectivity index (χ2v) is 7.86. The van der Waals surface area contributed by atoms with Gasteiger partial charge >= 0.3 is 5.97 Å². The number of esters is 1. The first-order chi connectivity index (χ1) is 12.7. The number of aliphatic hydroxyl groups excluding tert-OH is 1. The first-order valence-electron chi connectivity index (χ1n) is 11.5. The van der Waals surface area contributed by atoms with Gasteiger partial charge in [0.2, 0.25) is 0 Å². The van der Waals surface area contributed by atoms with Crippen LogP contribution >= 0.6 is 0 Å². The summed E-state index contributed by atoms with van der Waals surface area (Å²) in [7, 11) is 1.46. The minimum atomic E-state index is -0.0758. The molecule has 0 aromatic heterocycles. The largest absolute Gasteiger partial charge is 0.469 e. The molecule has 0 aromatic carbocycles. The van der Waals surface area contributed by atoms with Crippen LogP contribution in [-0.4, -0.2) is 24.3 Å². The number of rotatable bonds is 20. The van der Waals surface area contributed by atoms with Crippen molar-refractivity contribution in [2.75, 3.05) is 7.11 Å². The third-order valence-electron chi connectivity index (χ3n) is 5.29. The third kappa shape index (κ3) is 19.8. The van der Waals surface area contributed by atoms with E-state index in [1.165, 1.54) is 97.0 Å². The summed E-state index contributed by atoms with van der Waals surface area (Å²) >= 11 is 0. The van der Waals surface area contributed by atoms with Crippen molar-refractivity contribution in [3.63, 3.8) is 0 Å². The molecule has 1 unspecified atom stereocenters. The standard InChI is InChI=1S/C23H46O3/c1-3-4-16-19-22(24)20-17-14-12-10-8-6-5-7-9-11-13-15-18-21-23(25)26-2/h22,24H,3-21H2,1-2H3. The molecule has 1 atom stereocenters. The first-order valence-corrected chi connectivity index (χ1v) is 11.5. The van der Waals surface area contributed by atoms with Crippen LogP contribution < -0.4 is 0 Å². The lowest BCUT2D eigenvalue weighted by Gasteiger charge is -2.09. The quantitative estimate of drug-likeness (QED) is 0.186. The van der Waals surface area contributed by atoms with Gasteiger partial charge in [-0.25, -0.2) is 0 Å². The summed E-state index contributed by atoms with van der Waals surface area (Å²) in [5.41, 5.74) is 0. The second kappa shape index (κ2) is 20.7. The molecule has 0 heterocycles. The number of methoxy groups -OCH3 is 1. The number of carbonyl (C=O) groups excluding carboxylic acids is 1. The van der Waals surface area contributed by atoms with Crippen molar-refractivity contribution in [1.29, 1.82) is 0 Å². The highest BCUT2D eigenvalue weighted by Crippen LogP contribution is 2.15. The highest BCUT2D eigenvalue weighted by atomic mass is 16.5. The van der Waals surface area contributed by atoms with Crippen LogP contribution in [0.25, 0.3) is 0 Å². The maximum absolute atomic E-state index is 11.0. The van der Waals surface area contributed by atoms with E-state index in [9.17, 15) is 9.90 Å². The van der Waals surface area contributed by atoms with Gasteiger partial charge in [-0.1, -0.05) is 103 Å². The van der Waals surface area contributed by atoms with Gasteiger partial charge in [-0.3, -0.25) is 4.79 Å². The Bertz CT molecular complexity index is 291. The molecule has 0 spiro atoms. The molecule has 0 rings (SSSR count). The Morgan fingerprint density at radius 1 is 0.692 bits per heavy atom. The van der Waals surface area contributed by atoms with E-state index < -0.39 is 0 Å². The predicted octanol–water partition coefficient (Wildman–Crippen LogP) is 6.95. The lowest BCUT2D eigenvalue weighted by molar-refractivity contribution is -0.140. The van der Waals surface area contributed by atoms with E-state index in [1.54, 1.807) is 0 Å². The van der Waals surface area contributed by atoms with Crippen molar-refractivity contribution < 1.29 is 14.6 Å². The van der Waals surface area contributed by atoms with Crippen molar-refractivity contribution in [2.45, 2.75) is 135 Å². The minimum absolute atomic E-state index is 0.0537. The number of carbonyl (C=O) groups is 1. The molecule has 0 aliphatic rings. The highest BCUT2D eigenvalue weighted by Gasteiger charge is 2.03. The molecule has 1 N–H and O–H groups in total. The zero-order valence-electron chi connectivity index (χ0n) is 17.8. The number of aliphatic hydroxyl groups is 1. The molecule has 0 aromatic rings. The molecule has 156 valence electrons. The van der Waals surface area contributed by atoms with Gasteiger partial charge in [-0.05, 0) is 19.3 Å². The average Bonchev–Trinajstić information content (AvgIpc) is 2.64. The van der Waals surface area contributed by atoms with Gasteiger partial charge in [0.1, 0.15) is 0 Å². The van der Waals surface area contributed by atoms with Crippen LogP contribution in [0.15, 0.2) is 0 Å². The topological polar surface area (TPSA) is 46.5 Å². The fraction of sp³-hybridized carbons (Fsp3) is 0.957. The number of hydrogen-bond donors (Lipinski definition) is 1. The first kappa shape index (κ1) is 25.4. The van der Waals surface area contributed by atoms with Crippen molar-refractivity contribution in [1.82, 2.24) is 0 Å². The van der Waals surface area contributed by atoms with Crippen LogP contribution in [0, 0.1) is 0 Å². The van der Waals surface area contributed by atoms with Crippen LogP contribution in [0.2, 0.25) is 0 Å². The number of ether oxygens (including phenoxy) is 1. The second-order valence-electron chi connectivity index (χ2n) is 7.86. The van der Waals surface area contributed by atoms with Gasteiger partial charge in [-0.15, -0.1) is 0 Å². The zero-order chi connectivity index (χ0) is 19.3. The SMILES string of the molecule is CCCCCC(O)CCCCCCCCCCCCCCCC(=O)OC. The van der Waals surface area contributed by atoms with Gasteiger partial charge in [0, 0.05) is 6.42 Å². The van der Waals surface area contributed by atoms with Crippen molar-refractivity contribution in [3.05, 3.63) is 0 Å². The lowest BCUT2D eigenvalue weighted by atomic mass is 10.0. The van der Waals surface area contributed by atoms with Gasteiger partial charge in [0.15, 0.2) is 0 Å². The predicted molar refractivity (Wildman–Crippen MR) is 111 cm³/mol. The maximum Gasteiger partial charge on any atom is 0.305 e. The molecule has 0 amide bonds. The van der Waals surface area contributed by atoms with E-state index in [-0.39, 0.29) is 12.1 Å². The van der Waals surface area contributed by atoms with Gasteiger partial charge in [-0.2, -0.15) is 0 Å². The van der Waals surface area contributed by atoms with Crippen LogP contribution in [0.4, 0.5) is 0 Å². The Kier molecular flexibility index (Phi) is 20.3. The summed E-state index contributed by atoms with van der Waals surface area (Å²) in [6.07, 6.45) is 22.9. The van der Waals surface area contributed by atoms with Gasteiger partial charge < -0.3 is 9.84 Å². The Morgan fingerprint density at radius 3 is 1.50 bits per heavy atom. The number of unbranched alkanes of at least 4 members (excludes halogenated alkanes) is 14. The smallest absolute Gasteiger partial charge is 0.305 e. The van der Waals surface area contributed by atoms with Crippen LogP contribution in [0.3, 0.4) is 0 Å². The van der Waals surface area contributed by atoms with Gasteiger partial charge in [0.05, 0.1) is 13.2 Å². The molecule has 26 heavy (non-hydrogen) atoms. The Balaban J connectivity index is 3.10. The molecule has 0 bridgehead atoms. The summed E-state index contributed by atoms with van der Waals surface area (Å²) < 4.78 is 4.64. The fourth-order valence-corrected chi connectivity index (χ4v) is 3.47. The Labute approximate surface area is 163 Å². The molecule has 0 aliphatic heterocycles. The van der Waals surface area contributed by atoms with Crippen LogP contribution in [0.5, 0.6) is 0 Å². The van der Waals surface area contributed by atoms with E-state index in [1.807, 2.05) is 0 Å². The van der Waals surface area contributed by atoms with E-state index >= 15 is 0 Å². The summed E-state index contributed by atoms with van der Waals surface area (Å²) in [6, 6.07) is 0. The molecule has 0 saturated heterocycles. The average molecular weight is 371 g/mol. The molecule has 0 saturated carbocycles. The molecular formula is C23H46O3. The van der Waals surface area contributed by atoms with E-state index in [2.05, 4.69) is 11.7 Å². The monoisotopic (exact) mass is 370 g/mol. The molecule has 0 fully saturated rings. The molecule has 3 heteroatoms. The summed E-state index contributed by atoms with van der Waals surface area (Å²) in [6.45, 7) is 2.21. The van der Waals surface area contributed by atoms with Crippen LogP contribution in [0.1, 0.15) is 129 Å². The summed E-state index contributed by atoms with van der Waals surface area (Å²) in [5.74, 6) is -0.0758. The van der Waals surface area contributed by atoms with Gasteiger partial charge in [0.25, 0.3) is 0 Å². The number of hydrogen-bond acceptors (Lipinski definition) is 3. The minimum Gasteiger partial charge on any atom is -0.469 e. The molecular weight excluding hydrogens is 324 g/mol. The third-order valence-corrected chi connectivity index (χ3v) is 5.29. The summed E-state index contributed by atoms with van der Waals surface area (Å²) in [4.78, 5) is 11.0. The summed E-state index contributed by atoms with van der Waals surface area (Å²) in [5, 5.41) is 9.88. The molecule has 0 radical (unpaired) electrons. The Hall–Kier alpha value is -0.570. The van der Waals surface area contributed by atoms with E-state index in [0.717, 1.165) is 25.7 Å². The molecule has 3 nitrogen and oxygen atoms in total. The highest BCUT2D eigenvalue weighted by molar-refractivity contribution is 5.68. The van der Waals surface area contributed by atoms with Crippen molar-refractivity contribution >= 4 is 5.97 Å². The van der Waals surface area contributed by atoms with E-state index in [4.69, 9.17) is 0 Å². The lowest BCUT2D eigenvalue weighted by Crippen LogP contribution is -2.05. The van der Waals surface area contributed by atoms with E-state index in [0.29, 0.717) is 6.42 Å². The zero-order valence-corrected chi connectivity index (χ0v) is 17.8. The molecule has 0 aliphatic carbocycles.